The third-order valence-electron chi connectivity index (χ3n) is 24.3. The highest BCUT2D eigenvalue weighted by Crippen LogP contribution is 2.32. The molecule has 13 amide bonds. The molecule has 4 rings (SSSR count). The smallest absolute Gasteiger partial charge is 0.411 e. The van der Waals surface area contributed by atoms with Gasteiger partial charge in [-0.25, -0.2) is 9.59 Å². The number of likely N-dealkylation sites (N-methyl/N-ethyl adjacent to an activating group) is 2. The first kappa shape index (κ1) is 122. The Kier molecular flexibility index (Phi) is 60.0. The van der Waals surface area contributed by atoms with Crippen molar-refractivity contribution in [3.05, 3.63) is 77.9 Å². The number of nitrogens with two attached hydrogens (primary N) is 1. The van der Waals surface area contributed by atoms with Gasteiger partial charge in [-0.15, -0.1) is 0 Å². The molecule has 139 heavy (non-hydrogen) atoms. The molecule has 2 aromatic rings. The number of aliphatic hydroxyl groups is 6. The molecule has 2 heterocycles. The average Bonchev–Trinajstić information content (AvgIpc) is 1.78. The highest BCUT2D eigenvalue weighted by atomic mass is 16.6. The molecule has 15 N–H and O–H groups in total. The lowest BCUT2D eigenvalue weighted by Gasteiger charge is -2.41. The van der Waals surface area contributed by atoms with Gasteiger partial charge in [0.25, 0.3) is 17.7 Å². The SMILES string of the molecule is CCCOCCOCCOCCOCCC(=O)N(CCOCCOCCOCCOCCNC(=O)C(OC(=O)N(C)[C@H](C(=O)N[C@H](C(=O)N(C)[C@@H]([C@@H](C)CC)[C@@H](CC(=O)N1CCC[C@H]1[C@H](OC)[C@@H](C)C(=O)N[C@H](C)[C@@H](O)c1ccccc1)OC)C(C)C)C(C)C)c1ccc(NC(=O)[C@H](CCCNC(N)=O)NC(=O)[C@@H](NCCCCCCN2C(=O)C=CC2=O)C(C)C)cc1)C[C@H](O)[C@@H](O)[C@H](O)[C@H](O)CO. The number of ether oxygens (including phenoxy) is 11. The van der Waals surface area contributed by atoms with Crippen LogP contribution in [0.2, 0.25) is 0 Å². The van der Waals surface area contributed by atoms with E-state index in [4.69, 9.17) is 57.8 Å². The van der Waals surface area contributed by atoms with E-state index in [-0.39, 0.29) is 165 Å². The normalized spacial score (nSPS) is 16.8. The lowest BCUT2D eigenvalue weighted by molar-refractivity contribution is -0.148. The van der Waals surface area contributed by atoms with Crippen LogP contribution in [-0.2, 0) is 100 Å². The average molecular weight is 1980 g/mol. The number of nitrogens with one attached hydrogen (secondary N) is 7. The van der Waals surface area contributed by atoms with E-state index in [1.54, 1.807) is 77.8 Å². The van der Waals surface area contributed by atoms with Crippen LogP contribution in [0.4, 0.5) is 15.3 Å². The second-order valence-corrected chi connectivity index (χ2v) is 36.0. The molecule has 1 unspecified atom stereocenters. The van der Waals surface area contributed by atoms with Gasteiger partial charge in [-0.2, -0.15) is 0 Å². The number of imide groups is 1. The second kappa shape index (κ2) is 68.2. The maximum Gasteiger partial charge on any atom is 0.411 e. The minimum atomic E-state index is -1.91. The molecule has 0 aliphatic carbocycles. The Labute approximate surface area is 819 Å². The molecule has 2 aliphatic rings. The minimum Gasteiger partial charge on any atom is -0.431 e. The summed E-state index contributed by atoms with van der Waals surface area (Å²) >= 11 is 0. The van der Waals surface area contributed by atoms with Gasteiger partial charge in [0.05, 0.1) is 167 Å². The van der Waals surface area contributed by atoms with Gasteiger partial charge in [-0.3, -0.25) is 57.7 Å². The number of primary amides is 1. The molecule has 790 valence electrons. The number of hydrogen-bond acceptors (Lipinski definition) is 30. The molecule has 0 bridgehead atoms. The zero-order chi connectivity index (χ0) is 103. The molecule has 0 saturated carbocycles. The number of unbranched alkanes of at least 4 members (excludes halogenated alkanes) is 3. The lowest BCUT2D eigenvalue weighted by atomic mass is 9.89. The summed E-state index contributed by atoms with van der Waals surface area (Å²) in [6, 6.07) is 7.69. The number of anilines is 1. The predicted octanol–water partition coefficient (Wildman–Crippen LogP) is 2.41. The number of likely N-dealkylation sites (tertiary alicyclic amines) is 1. The summed E-state index contributed by atoms with van der Waals surface area (Å²) < 4.78 is 63.0. The van der Waals surface area contributed by atoms with Crippen LogP contribution in [0.5, 0.6) is 0 Å². The first-order valence-corrected chi connectivity index (χ1v) is 48.8. The highest BCUT2D eigenvalue weighted by molar-refractivity contribution is 6.12. The molecular formula is C97H163N13O29. The van der Waals surface area contributed by atoms with Crippen LogP contribution in [0.1, 0.15) is 177 Å². The Hall–Kier alpha value is -9.06. The topological polar surface area (TPSA) is 554 Å². The number of rotatable bonds is 75. The fourth-order valence-electron chi connectivity index (χ4n) is 16.2. The summed E-state index contributed by atoms with van der Waals surface area (Å²) in [5.41, 5.74) is 6.29. The number of benzene rings is 2. The molecule has 42 nitrogen and oxygen atoms in total. The molecule has 2 aromatic carbocycles. The van der Waals surface area contributed by atoms with Crippen molar-refractivity contribution < 1.29 is 140 Å². The van der Waals surface area contributed by atoms with Gasteiger partial charge in [-0.05, 0) is 99.8 Å². The summed E-state index contributed by atoms with van der Waals surface area (Å²) in [5, 5.41) is 81.8. The monoisotopic (exact) mass is 1970 g/mol. The Bertz CT molecular complexity index is 3940. The van der Waals surface area contributed by atoms with Crippen LogP contribution >= 0.6 is 0 Å². The van der Waals surface area contributed by atoms with E-state index in [2.05, 4.69) is 37.2 Å². The fraction of sp³-hybridized carbons (Fsp3) is 0.732. The van der Waals surface area contributed by atoms with Gasteiger partial charge in [0.1, 0.15) is 42.5 Å². The fourth-order valence-corrected chi connectivity index (χ4v) is 16.2. The van der Waals surface area contributed by atoms with Crippen LogP contribution in [-0.4, -0.2) is 392 Å². The van der Waals surface area contributed by atoms with Gasteiger partial charge in [-0.1, -0.05) is 131 Å². The van der Waals surface area contributed by atoms with Crippen molar-refractivity contribution >= 4 is 76.9 Å². The van der Waals surface area contributed by atoms with Crippen molar-refractivity contribution in [2.24, 2.45) is 35.3 Å². The third kappa shape index (κ3) is 43.7. The molecule has 0 spiro atoms. The van der Waals surface area contributed by atoms with E-state index >= 15 is 4.79 Å². The number of nitrogens with zero attached hydrogens (tertiary/aromatic N) is 5. The first-order valence-electron chi connectivity index (χ1n) is 48.8. The maximum atomic E-state index is 15.2. The number of hydrogen-bond donors (Lipinski definition) is 14. The molecule has 1 fully saturated rings. The minimum absolute atomic E-state index is 0.00489. The van der Waals surface area contributed by atoms with Crippen molar-refractivity contribution in [3.8, 4) is 0 Å². The Balaban J connectivity index is 1.47. The Morgan fingerprint density at radius 2 is 1.12 bits per heavy atom. The van der Waals surface area contributed by atoms with Gasteiger partial charge in [0.2, 0.25) is 47.5 Å². The van der Waals surface area contributed by atoms with Gasteiger partial charge in [0.15, 0.2) is 0 Å². The number of aliphatic hydroxyl groups excluding tert-OH is 6. The van der Waals surface area contributed by atoms with Crippen molar-refractivity contribution in [2.45, 2.75) is 244 Å². The molecule has 0 radical (unpaired) electrons. The summed E-state index contributed by atoms with van der Waals surface area (Å²) in [6.07, 6.45) is -4.80. The Morgan fingerprint density at radius 3 is 1.66 bits per heavy atom. The number of amides is 13. The van der Waals surface area contributed by atoms with Crippen molar-refractivity contribution in [1.82, 2.24) is 56.4 Å². The molecule has 2 aliphatic heterocycles. The van der Waals surface area contributed by atoms with Gasteiger partial charge < -0.3 is 140 Å². The summed E-state index contributed by atoms with van der Waals surface area (Å²) in [4.78, 5) is 172. The predicted molar refractivity (Wildman–Crippen MR) is 514 cm³/mol. The second-order valence-electron chi connectivity index (χ2n) is 36.0. The number of methoxy groups -OCH3 is 2. The summed E-state index contributed by atoms with van der Waals surface area (Å²) in [6.45, 7) is 23.0. The summed E-state index contributed by atoms with van der Waals surface area (Å²) in [7, 11) is 5.87. The van der Waals surface area contributed by atoms with E-state index in [0.717, 1.165) is 24.2 Å². The first-order chi connectivity index (χ1) is 66.4. The van der Waals surface area contributed by atoms with Crippen LogP contribution < -0.4 is 43.0 Å². The van der Waals surface area contributed by atoms with Crippen LogP contribution in [0.25, 0.3) is 0 Å². The quantitative estimate of drug-likeness (QED) is 0.0334. The highest BCUT2D eigenvalue weighted by Gasteiger charge is 2.45. The van der Waals surface area contributed by atoms with E-state index in [1.807, 2.05) is 40.7 Å². The van der Waals surface area contributed by atoms with E-state index < -0.39 is 170 Å². The molecule has 1 saturated heterocycles. The molecular weight excluding hydrogens is 1810 g/mol. The van der Waals surface area contributed by atoms with Crippen molar-refractivity contribution in [1.29, 1.82) is 0 Å². The van der Waals surface area contributed by atoms with E-state index in [0.29, 0.717) is 90.3 Å². The zero-order valence-electron chi connectivity index (χ0n) is 84.2. The lowest BCUT2D eigenvalue weighted by Crippen LogP contribution is -2.60. The number of carbonyl (C=O) groups excluding carboxylic acids is 12. The van der Waals surface area contributed by atoms with E-state index in [1.165, 1.54) is 72.4 Å². The van der Waals surface area contributed by atoms with Crippen LogP contribution in [0, 0.1) is 29.6 Å². The van der Waals surface area contributed by atoms with Gasteiger partial charge >= 0.3 is 12.1 Å². The number of urea groups is 1. The molecule has 42 heteroatoms. The van der Waals surface area contributed by atoms with Crippen LogP contribution in [0.3, 0.4) is 0 Å². The number of carbonyl (C=O) groups is 12. The zero-order valence-corrected chi connectivity index (χ0v) is 84.2. The van der Waals surface area contributed by atoms with Crippen LogP contribution in [0.15, 0.2) is 66.7 Å². The molecule has 17 atom stereocenters. The van der Waals surface area contributed by atoms with Gasteiger partial charge in [0, 0.05) is 97.6 Å². The van der Waals surface area contributed by atoms with E-state index in [9.17, 15) is 83.4 Å². The third-order valence-corrected chi connectivity index (χ3v) is 24.3. The van der Waals surface area contributed by atoms with Crippen molar-refractivity contribution in [2.75, 3.05) is 192 Å². The summed E-state index contributed by atoms with van der Waals surface area (Å²) in [5.74, 6) is -7.40. The Morgan fingerprint density at radius 1 is 0.554 bits per heavy atom. The largest absolute Gasteiger partial charge is 0.431 e. The molecule has 0 aromatic heterocycles. The maximum absolute atomic E-state index is 15.2. The van der Waals surface area contributed by atoms with Crippen molar-refractivity contribution in [3.63, 3.8) is 0 Å². The standard InChI is InChI=1S/C97H163N13O29/c1-16-44-131-48-52-135-56-57-136-53-49-132-45-37-77(114)108(61-74(112)86(119)87(120)75(113)62-111)43-47-134-51-55-138-59-58-137-54-50-133-46-40-100-94(125)89(70-31-33-71(34-32-70)103-91(122)72(29-25-39-101-96(98)127)104-92(123)81(63(3)4)99-38-23-18-19-24-41-110-78(115)35-36-79(110)116)139-97(128)107(13)83(65(7)8)93(124)105-82(64(5)6)95(126)106(12)84(66(9)17-2)76(129-14)60-80(117)109-42-26-30-73(109)88(130-15)67(10)90(121)102-68(11)85(118)69-27-21-20-22-28-69/h20-22,27-28,31-36,63-68,72-76,81-89,99,111-113,118-120H,16-19,23-26,29-30,37-62H2,1-15H3,(H,100,125)(H,102,121)(H,103,122)(H,104,123)(H,105,124)(H3,98,101,127)/t66-,67+,68+,72-,73-,74-,75+,76+,81-,82-,83-,84-,85+,86+,87+,88+,89?/m0/s1.